The highest BCUT2D eigenvalue weighted by molar-refractivity contribution is 6.32. The van der Waals surface area contributed by atoms with Gasteiger partial charge in [-0.3, -0.25) is 24.1 Å². The van der Waals surface area contributed by atoms with Crippen molar-refractivity contribution in [3.05, 3.63) is 150 Å². The average molecular weight is 636 g/mol. The van der Waals surface area contributed by atoms with E-state index in [-0.39, 0.29) is 36.4 Å². The summed E-state index contributed by atoms with van der Waals surface area (Å²) in [5.74, 6) is -3.62. The molecule has 0 spiro atoms. The molecule has 4 aliphatic rings. The minimum atomic E-state index is -1.37. The van der Waals surface area contributed by atoms with Gasteiger partial charge in [-0.2, -0.15) is 0 Å². The lowest BCUT2D eigenvalue weighted by molar-refractivity contribution is -0.135. The van der Waals surface area contributed by atoms with Gasteiger partial charge in [0.05, 0.1) is 28.9 Å². The minimum absolute atomic E-state index is 0.182. The van der Waals surface area contributed by atoms with Crippen molar-refractivity contribution >= 4 is 40.7 Å². The predicted octanol–water partition coefficient (Wildman–Crippen LogP) is 6.44. The van der Waals surface area contributed by atoms with E-state index in [1.165, 1.54) is 11.0 Å². The molecule has 48 heavy (non-hydrogen) atoms. The molecule has 0 unspecified atom stereocenters. The number of hydrogen-bond donors (Lipinski definition) is 1. The number of benzene rings is 3. The Balaban J connectivity index is 1.33. The molecule has 3 aromatic carbocycles. The van der Waals surface area contributed by atoms with Gasteiger partial charge in [-0.25, -0.2) is 0 Å². The smallest absolute Gasteiger partial charge is 0.238 e. The molecule has 1 saturated heterocycles. The van der Waals surface area contributed by atoms with Gasteiger partial charge in [-0.15, -0.1) is 0 Å². The molecule has 0 radical (unpaired) electrons. The van der Waals surface area contributed by atoms with Crippen LogP contribution in [0.4, 0.5) is 5.69 Å². The molecule has 1 saturated carbocycles. The second-order valence-electron chi connectivity index (χ2n) is 13.1. The summed E-state index contributed by atoms with van der Waals surface area (Å²) in [7, 11) is 0. The third-order valence-electron chi connectivity index (χ3n) is 10.9. The summed E-state index contributed by atoms with van der Waals surface area (Å²) < 4.78 is 6.24. The van der Waals surface area contributed by atoms with Crippen LogP contribution in [0, 0.1) is 23.7 Å². The summed E-state index contributed by atoms with van der Waals surface area (Å²) in [6.07, 6.45) is 5.71. The van der Waals surface area contributed by atoms with E-state index in [0.717, 1.165) is 11.1 Å². The lowest BCUT2D eigenvalue weighted by Crippen LogP contribution is -2.58. The van der Waals surface area contributed by atoms with E-state index < -0.39 is 35.0 Å². The van der Waals surface area contributed by atoms with Crippen LogP contribution in [0.25, 0.3) is 11.6 Å². The Morgan fingerprint density at radius 1 is 0.854 bits per heavy atom. The maximum Gasteiger partial charge on any atom is 0.238 e. The maximum absolute atomic E-state index is 15.0. The molecular weight excluding hydrogens is 602 g/mol. The first kappa shape index (κ1) is 30.0. The highest BCUT2D eigenvalue weighted by Gasteiger charge is 2.66. The van der Waals surface area contributed by atoms with Gasteiger partial charge in [-0.1, -0.05) is 97.1 Å². The van der Waals surface area contributed by atoms with Crippen LogP contribution in [0.15, 0.2) is 126 Å². The van der Waals surface area contributed by atoms with Crippen molar-refractivity contribution in [2.24, 2.45) is 23.7 Å². The number of aliphatic hydroxyl groups excluding tert-OH is 1. The largest absolute Gasteiger partial charge is 0.463 e. The Morgan fingerprint density at radius 2 is 1.56 bits per heavy atom. The second kappa shape index (κ2) is 11.4. The fourth-order valence-electron chi connectivity index (χ4n) is 8.83. The molecule has 1 N–H and O–H groups in total. The molecule has 2 heterocycles. The Labute approximate surface area is 277 Å². The first-order valence-corrected chi connectivity index (χ1v) is 16.3. The van der Waals surface area contributed by atoms with Gasteiger partial charge in [0.1, 0.15) is 18.1 Å². The fraction of sp³-hybridized carbons (Fsp3) is 0.220. The van der Waals surface area contributed by atoms with E-state index in [2.05, 4.69) is 6.58 Å². The van der Waals surface area contributed by atoms with Gasteiger partial charge >= 0.3 is 0 Å². The number of carbonyl (C=O) groups excluding carboxylic acids is 4. The molecule has 8 rings (SSSR count). The SMILES string of the molecule is C=Cc1ccc(N2C(=O)[C@H]3[C@H](CC=C4[C@H]3C[C@H]3C(=O)C(c5ccccc5)=CC(=O)[C@@]3(c3ccccc3)[C@H]4c3ccc(CO)o3)C2=O)cc1. The number of allylic oxidation sites excluding steroid dienone is 4. The standard InChI is InChI=1S/C41H33NO6/c1-2-24-13-15-27(16-14-24)42-39(46)30-19-18-29-32(36(30)40(42)47)21-33-38(45)31(25-9-5-3-6-10-25)22-35(44)41(33,26-11-7-4-8-12-26)37(29)34-20-17-28(23-43)48-34/h2-18,20,22,30,32-33,36-37,43H,1,19,21,23H2/t30-,32+,33-,36-,37+,41-/m0/s1. The van der Waals surface area contributed by atoms with Gasteiger partial charge in [0.15, 0.2) is 11.6 Å². The quantitative estimate of drug-likeness (QED) is 0.193. The van der Waals surface area contributed by atoms with E-state index >= 15 is 0 Å². The van der Waals surface area contributed by atoms with Crippen LogP contribution in [0.2, 0.25) is 0 Å². The molecule has 7 nitrogen and oxygen atoms in total. The fourth-order valence-corrected chi connectivity index (χ4v) is 8.83. The van der Waals surface area contributed by atoms with Crippen molar-refractivity contribution in [2.75, 3.05) is 4.90 Å². The first-order valence-electron chi connectivity index (χ1n) is 16.3. The van der Waals surface area contributed by atoms with Crippen molar-refractivity contribution in [1.29, 1.82) is 0 Å². The van der Waals surface area contributed by atoms with E-state index in [9.17, 15) is 24.3 Å². The number of hydrogen-bond acceptors (Lipinski definition) is 6. The first-order chi connectivity index (χ1) is 23.4. The number of Topliss-reactive ketones (excluding diaryl/α,β-unsaturated/α-hetero) is 1. The normalized spacial score (nSPS) is 27.9. The monoisotopic (exact) mass is 635 g/mol. The Morgan fingerprint density at radius 3 is 2.23 bits per heavy atom. The molecule has 238 valence electrons. The van der Waals surface area contributed by atoms with Gasteiger partial charge in [0.25, 0.3) is 0 Å². The molecule has 7 heteroatoms. The number of aliphatic hydroxyl groups is 1. The summed E-state index contributed by atoms with van der Waals surface area (Å²) >= 11 is 0. The molecule has 2 fully saturated rings. The van der Waals surface area contributed by atoms with Gasteiger partial charge in [0, 0.05) is 11.5 Å². The number of nitrogens with zero attached hydrogens (tertiary/aromatic N) is 1. The van der Waals surface area contributed by atoms with Crippen molar-refractivity contribution in [3.63, 3.8) is 0 Å². The predicted molar refractivity (Wildman–Crippen MR) is 180 cm³/mol. The molecule has 0 bridgehead atoms. The van der Waals surface area contributed by atoms with Crippen LogP contribution in [0.5, 0.6) is 0 Å². The van der Waals surface area contributed by atoms with Crippen molar-refractivity contribution in [2.45, 2.75) is 30.8 Å². The number of fused-ring (bicyclic) bond motifs is 4. The minimum Gasteiger partial charge on any atom is -0.463 e. The zero-order valence-corrected chi connectivity index (χ0v) is 26.1. The molecule has 3 aliphatic carbocycles. The average Bonchev–Trinajstić information content (AvgIpc) is 3.71. The van der Waals surface area contributed by atoms with Crippen LogP contribution in [-0.4, -0.2) is 28.5 Å². The van der Waals surface area contributed by atoms with Crippen LogP contribution in [0.1, 0.15) is 47.0 Å². The lowest BCUT2D eigenvalue weighted by atomic mass is 9.45. The summed E-state index contributed by atoms with van der Waals surface area (Å²) in [5.41, 5.74) is 2.48. The number of imide groups is 1. The summed E-state index contributed by atoms with van der Waals surface area (Å²) in [6.45, 7) is 3.46. The number of ketones is 2. The van der Waals surface area contributed by atoms with Gasteiger partial charge in [0.2, 0.25) is 11.8 Å². The third-order valence-corrected chi connectivity index (χ3v) is 10.9. The highest BCUT2D eigenvalue weighted by atomic mass is 16.4. The Hall–Kier alpha value is -5.40. The molecule has 2 amide bonds. The van der Waals surface area contributed by atoms with Crippen molar-refractivity contribution in [1.82, 2.24) is 0 Å². The summed E-state index contributed by atoms with van der Waals surface area (Å²) in [5, 5.41) is 9.98. The van der Waals surface area contributed by atoms with Crippen LogP contribution in [-0.2, 0) is 31.2 Å². The zero-order chi connectivity index (χ0) is 33.2. The van der Waals surface area contributed by atoms with E-state index in [1.807, 2.05) is 78.9 Å². The van der Waals surface area contributed by atoms with E-state index in [0.29, 0.717) is 40.3 Å². The number of rotatable bonds is 6. The second-order valence-corrected chi connectivity index (χ2v) is 13.1. The number of furan rings is 1. The topological polar surface area (TPSA) is 105 Å². The molecular formula is C41H33NO6. The molecule has 4 aromatic rings. The van der Waals surface area contributed by atoms with Crippen molar-refractivity contribution in [3.8, 4) is 0 Å². The van der Waals surface area contributed by atoms with Crippen LogP contribution >= 0.6 is 0 Å². The van der Waals surface area contributed by atoms with Gasteiger partial charge < -0.3 is 9.52 Å². The summed E-state index contributed by atoms with van der Waals surface area (Å²) in [6, 6.07) is 29.1. The van der Waals surface area contributed by atoms with E-state index in [1.54, 1.807) is 30.3 Å². The van der Waals surface area contributed by atoms with Gasteiger partial charge in [-0.05, 0) is 65.8 Å². The van der Waals surface area contributed by atoms with E-state index in [4.69, 9.17) is 4.42 Å². The van der Waals surface area contributed by atoms with Crippen molar-refractivity contribution < 1.29 is 28.7 Å². The number of carbonyl (C=O) groups is 4. The zero-order valence-electron chi connectivity index (χ0n) is 26.1. The maximum atomic E-state index is 15.0. The Kier molecular flexibility index (Phi) is 7.11. The van der Waals surface area contributed by atoms with Crippen LogP contribution < -0.4 is 4.90 Å². The molecule has 6 atom stereocenters. The highest BCUT2D eigenvalue weighted by Crippen LogP contribution is 2.63. The Bertz CT molecular complexity index is 2040. The lowest BCUT2D eigenvalue weighted by Gasteiger charge is -2.54. The number of anilines is 1. The number of amides is 2. The summed E-state index contributed by atoms with van der Waals surface area (Å²) in [4.78, 5) is 59.6. The van der Waals surface area contributed by atoms with Crippen LogP contribution in [0.3, 0.4) is 0 Å². The molecule has 1 aromatic heterocycles. The molecule has 1 aliphatic heterocycles. The third kappa shape index (κ3) is 4.24.